The van der Waals surface area contributed by atoms with E-state index in [9.17, 15) is 0 Å². The maximum Gasteiger partial charge on any atom is 0.234 e. The highest BCUT2D eigenvalue weighted by Gasteiger charge is 2.32. The van der Waals surface area contributed by atoms with Crippen molar-refractivity contribution in [1.29, 1.82) is 0 Å². The lowest BCUT2D eigenvalue weighted by atomic mass is 9.87. The van der Waals surface area contributed by atoms with Crippen LogP contribution in [0.25, 0.3) is 20.4 Å². The van der Waals surface area contributed by atoms with Gasteiger partial charge >= 0.3 is 0 Å². The van der Waals surface area contributed by atoms with E-state index in [1.807, 2.05) is 0 Å². The molecule has 0 fully saturated rings. The summed E-state index contributed by atoms with van der Waals surface area (Å²) >= 11 is 1.65. The smallest absolute Gasteiger partial charge is 0.234 e. The molecule has 0 N–H and O–H groups in total. The van der Waals surface area contributed by atoms with E-state index in [0.717, 1.165) is 45.4 Å². The van der Waals surface area contributed by atoms with Crippen LogP contribution in [0, 0.1) is 0 Å². The molecular weight excluding hydrogens is 358 g/mol. The Labute approximate surface area is 164 Å². The van der Waals surface area contributed by atoms with Gasteiger partial charge in [0, 0.05) is 17.4 Å². The molecule has 0 saturated carbocycles. The Morgan fingerprint density at radius 2 is 2.07 bits per heavy atom. The van der Waals surface area contributed by atoms with E-state index < -0.39 is 0 Å². The first-order valence-electron chi connectivity index (χ1n) is 9.77. The van der Waals surface area contributed by atoms with Crippen LogP contribution in [0.15, 0.2) is 6.33 Å². The molecule has 1 aliphatic heterocycles. The largest absolute Gasteiger partial charge is 0.477 e. The minimum Gasteiger partial charge on any atom is -0.477 e. The molecule has 3 aromatic rings. The van der Waals surface area contributed by atoms with Crippen LogP contribution in [0.1, 0.15) is 70.2 Å². The van der Waals surface area contributed by atoms with E-state index >= 15 is 0 Å². The summed E-state index contributed by atoms with van der Waals surface area (Å²) < 4.78 is 13.1. The zero-order chi connectivity index (χ0) is 19.2. The van der Waals surface area contributed by atoms with Gasteiger partial charge < -0.3 is 9.47 Å². The Kier molecular flexibility index (Phi) is 4.80. The summed E-state index contributed by atoms with van der Waals surface area (Å²) in [6, 6.07) is 0. The second-order valence-electron chi connectivity index (χ2n) is 8.17. The minimum absolute atomic E-state index is 0.183. The molecule has 0 atom stereocenters. The van der Waals surface area contributed by atoms with E-state index in [0.29, 0.717) is 25.0 Å². The van der Waals surface area contributed by atoms with Crippen LogP contribution in [-0.2, 0) is 17.8 Å². The van der Waals surface area contributed by atoms with Gasteiger partial charge in [-0.25, -0.2) is 15.0 Å². The van der Waals surface area contributed by atoms with Gasteiger partial charge in [-0.3, -0.25) is 0 Å². The fourth-order valence-electron chi connectivity index (χ4n) is 3.70. The number of rotatable bonds is 5. The Balaban J connectivity index is 1.96. The van der Waals surface area contributed by atoms with Crippen molar-refractivity contribution in [1.82, 2.24) is 15.0 Å². The summed E-state index contributed by atoms with van der Waals surface area (Å²) in [4.78, 5) is 15.1. The molecule has 6 heteroatoms. The van der Waals surface area contributed by atoms with Crippen LogP contribution in [0.4, 0.5) is 0 Å². The number of ether oxygens (including phenoxy) is 2. The number of hydrogen-bond donors (Lipinski definition) is 0. The minimum atomic E-state index is -0.183. The molecule has 5 nitrogen and oxygen atoms in total. The molecule has 27 heavy (non-hydrogen) atoms. The summed E-state index contributed by atoms with van der Waals surface area (Å²) in [5.74, 6) is 1.03. The van der Waals surface area contributed by atoms with E-state index in [2.05, 4.69) is 44.6 Å². The van der Waals surface area contributed by atoms with Crippen molar-refractivity contribution < 1.29 is 9.47 Å². The summed E-state index contributed by atoms with van der Waals surface area (Å²) in [6.45, 7) is 12.1. The molecule has 0 bridgehead atoms. The molecule has 0 unspecified atom stereocenters. The third-order valence-corrected chi connectivity index (χ3v) is 6.17. The number of nitrogens with zero attached hydrogens (tertiary/aromatic N) is 3. The number of fused-ring (bicyclic) bond motifs is 5. The fourth-order valence-corrected chi connectivity index (χ4v) is 4.81. The van der Waals surface area contributed by atoms with Gasteiger partial charge in [0.1, 0.15) is 15.9 Å². The Morgan fingerprint density at radius 1 is 1.26 bits per heavy atom. The number of pyridine rings is 1. The summed E-state index contributed by atoms with van der Waals surface area (Å²) in [7, 11) is 0. The third-order valence-electron chi connectivity index (χ3n) is 5.11. The lowest BCUT2D eigenvalue weighted by Gasteiger charge is -2.33. The highest BCUT2D eigenvalue weighted by molar-refractivity contribution is 7.25. The average molecular weight is 386 g/mol. The van der Waals surface area contributed by atoms with Crippen LogP contribution >= 0.6 is 11.3 Å². The van der Waals surface area contributed by atoms with Gasteiger partial charge in [-0.2, -0.15) is 0 Å². The van der Waals surface area contributed by atoms with Gasteiger partial charge in [0.05, 0.1) is 30.0 Å². The van der Waals surface area contributed by atoms with Gasteiger partial charge in [0.15, 0.2) is 0 Å². The summed E-state index contributed by atoms with van der Waals surface area (Å²) in [5, 5.41) is 1.16. The van der Waals surface area contributed by atoms with E-state index in [1.54, 1.807) is 17.7 Å². The lowest BCUT2D eigenvalue weighted by Crippen LogP contribution is -2.32. The van der Waals surface area contributed by atoms with Crippen molar-refractivity contribution in [3.63, 3.8) is 0 Å². The zero-order valence-electron chi connectivity index (χ0n) is 16.8. The molecule has 4 rings (SSSR count). The Bertz CT molecular complexity index is 994. The Hall–Kier alpha value is -1.79. The number of hydrogen-bond acceptors (Lipinski definition) is 6. The van der Waals surface area contributed by atoms with Crippen molar-refractivity contribution in [2.24, 2.45) is 0 Å². The SMILES string of the molecule is CCCCOc1ncnc2c1sc1nc(C(C)C)c3c(c12)CC(C)(C)OC3. The quantitative estimate of drug-likeness (QED) is 0.551. The topological polar surface area (TPSA) is 57.1 Å². The molecule has 0 spiro atoms. The molecule has 0 amide bonds. The second kappa shape index (κ2) is 6.99. The number of unbranched alkanes of at least 4 members (excludes halogenated alkanes) is 1. The molecule has 4 heterocycles. The maximum atomic E-state index is 6.12. The molecule has 0 radical (unpaired) electrons. The van der Waals surface area contributed by atoms with Crippen LogP contribution < -0.4 is 4.74 Å². The van der Waals surface area contributed by atoms with Gasteiger partial charge in [0.2, 0.25) is 5.88 Å². The summed E-state index contributed by atoms with van der Waals surface area (Å²) in [5.41, 5.74) is 4.50. The van der Waals surface area contributed by atoms with Gasteiger partial charge in [-0.1, -0.05) is 27.2 Å². The zero-order valence-corrected chi connectivity index (χ0v) is 17.6. The molecule has 144 valence electrons. The van der Waals surface area contributed by atoms with Crippen molar-refractivity contribution >= 4 is 31.8 Å². The van der Waals surface area contributed by atoms with Gasteiger partial charge in [-0.15, -0.1) is 11.3 Å². The molecule has 0 aliphatic carbocycles. The molecule has 1 aliphatic rings. The normalized spacial score (nSPS) is 16.2. The first kappa shape index (κ1) is 18.6. The van der Waals surface area contributed by atoms with Crippen LogP contribution in [0.2, 0.25) is 0 Å². The first-order chi connectivity index (χ1) is 12.9. The Morgan fingerprint density at radius 3 is 2.81 bits per heavy atom. The standard InChI is InChI=1S/C21H27N3O2S/c1-6-7-8-25-19-18-17(22-11-23-19)15-13-9-21(4,5)26-10-14(13)16(12(2)3)24-20(15)27-18/h11-12H,6-10H2,1-5H3. The van der Waals surface area contributed by atoms with Crippen LogP contribution in [-0.4, -0.2) is 27.2 Å². The second-order valence-corrected chi connectivity index (χ2v) is 9.17. The van der Waals surface area contributed by atoms with Crippen molar-refractivity contribution in [2.75, 3.05) is 6.61 Å². The maximum absolute atomic E-state index is 6.12. The molecular formula is C21H27N3O2S. The van der Waals surface area contributed by atoms with Crippen molar-refractivity contribution in [3.05, 3.63) is 23.1 Å². The highest BCUT2D eigenvalue weighted by Crippen LogP contribution is 2.43. The summed E-state index contributed by atoms with van der Waals surface area (Å²) in [6.07, 6.45) is 4.60. The van der Waals surface area contributed by atoms with E-state index in [4.69, 9.17) is 14.5 Å². The monoisotopic (exact) mass is 385 g/mol. The van der Waals surface area contributed by atoms with E-state index in [1.165, 1.54) is 11.1 Å². The van der Waals surface area contributed by atoms with Crippen molar-refractivity contribution in [2.45, 2.75) is 72.0 Å². The molecule has 0 saturated heterocycles. The van der Waals surface area contributed by atoms with Gasteiger partial charge in [-0.05, 0) is 31.7 Å². The van der Waals surface area contributed by atoms with Crippen molar-refractivity contribution in [3.8, 4) is 5.88 Å². The first-order valence-corrected chi connectivity index (χ1v) is 10.6. The molecule has 0 aromatic carbocycles. The number of thiophene rings is 1. The van der Waals surface area contributed by atoms with Crippen LogP contribution in [0.3, 0.4) is 0 Å². The van der Waals surface area contributed by atoms with Crippen LogP contribution in [0.5, 0.6) is 5.88 Å². The van der Waals surface area contributed by atoms with Gasteiger partial charge in [0.25, 0.3) is 0 Å². The highest BCUT2D eigenvalue weighted by atomic mass is 32.1. The molecule has 3 aromatic heterocycles. The number of aromatic nitrogens is 3. The fraction of sp³-hybridized carbons (Fsp3) is 0.571. The van der Waals surface area contributed by atoms with E-state index in [-0.39, 0.29) is 5.60 Å². The lowest BCUT2D eigenvalue weighted by molar-refractivity contribution is -0.0402. The average Bonchev–Trinajstić information content (AvgIpc) is 3.00. The third kappa shape index (κ3) is 3.29. The predicted molar refractivity (Wildman–Crippen MR) is 110 cm³/mol. The predicted octanol–water partition coefficient (Wildman–Crippen LogP) is 5.39.